The summed E-state index contributed by atoms with van der Waals surface area (Å²) in [4.78, 5) is 19.2. The van der Waals surface area contributed by atoms with Gasteiger partial charge in [0.25, 0.3) is 5.91 Å². The number of carbonyl (C=O) groups is 1. The molecule has 4 rings (SSSR count). The average molecular weight is 345 g/mol. The van der Waals surface area contributed by atoms with Crippen molar-refractivity contribution in [1.82, 2.24) is 9.88 Å². The third kappa shape index (κ3) is 2.99. The summed E-state index contributed by atoms with van der Waals surface area (Å²) in [6.45, 7) is 0.468. The molecule has 0 saturated heterocycles. The highest BCUT2D eigenvalue weighted by Gasteiger charge is 2.32. The molecular formula is C21H19N3O2. The molecule has 0 fully saturated rings. The van der Waals surface area contributed by atoms with Gasteiger partial charge in [0.2, 0.25) is 0 Å². The molecule has 26 heavy (non-hydrogen) atoms. The number of ether oxygens (including phenoxy) is 1. The molecule has 0 radical (unpaired) electrons. The highest BCUT2D eigenvalue weighted by Crippen LogP contribution is 2.35. The molecule has 0 aliphatic carbocycles. The number of benzene rings is 2. The monoisotopic (exact) mass is 345 g/mol. The Morgan fingerprint density at radius 3 is 2.81 bits per heavy atom. The Hall–Kier alpha value is -3.34. The number of anilines is 1. The summed E-state index contributed by atoms with van der Waals surface area (Å²) in [7, 11) is 1.64. The van der Waals surface area contributed by atoms with Crippen LogP contribution in [0.5, 0.6) is 5.75 Å². The summed E-state index contributed by atoms with van der Waals surface area (Å²) >= 11 is 0. The molecule has 1 atom stereocenters. The summed E-state index contributed by atoms with van der Waals surface area (Å²) < 4.78 is 5.35. The number of pyridine rings is 1. The number of nitrogens with one attached hydrogen (secondary N) is 1. The molecule has 3 aromatic rings. The van der Waals surface area contributed by atoms with Crippen molar-refractivity contribution in [3.63, 3.8) is 0 Å². The summed E-state index contributed by atoms with van der Waals surface area (Å²) in [5, 5.41) is 3.49. The molecule has 2 aromatic carbocycles. The minimum atomic E-state index is -0.285. The van der Waals surface area contributed by atoms with E-state index in [1.165, 1.54) is 0 Å². The summed E-state index contributed by atoms with van der Waals surface area (Å²) in [6.07, 6.45) is 3.23. The van der Waals surface area contributed by atoms with Gasteiger partial charge in [-0.3, -0.25) is 9.78 Å². The van der Waals surface area contributed by atoms with Crippen LogP contribution >= 0.6 is 0 Å². The van der Waals surface area contributed by atoms with Gasteiger partial charge in [-0.15, -0.1) is 0 Å². The maximum atomic E-state index is 13.2. The number of nitrogens with zero attached hydrogens (tertiary/aromatic N) is 2. The van der Waals surface area contributed by atoms with E-state index in [9.17, 15) is 4.79 Å². The molecule has 5 heteroatoms. The second-order valence-corrected chi connectivity index (χ2v) is 6.16. The molecule has 2 heterocycles. The first kappa shape index (κ1) is 16.1. The SMILES string of the molecule is COc1cccc([C@H]2Nc3ccccc3C(=O)N2Cc2cccnc2)c1. The fourth-order valence-electron chi connectivity index (χ4n) is 3.22. The van der Waals surface area contributed by atoms with Crippen molar-refractivity contribution < 1.29 is 9.53 Å². The zero-order valence-corrected chi connectivity index (χ0v) is 14.4. The minimum Gasteiger partial charge on any atom is -0.497 e. The molecule has 1 aliphatic heterocycles. The summed E-state index contributed by atoms with van der Waals surface area (Å²) in [5.74, 6) is 0.757. The zero-order valence-electron chi connectivity index (χ0n) is 14.4. The molecule has 1 aromatic heterocycles. The summed E-state index contributed by atoms with van der Waals surface area (Å²) in [5.41, 5.74) is 3.47. The predicted molar refractivity (Wildman–Crippen MR) is 99.9 cm³/mol. The van der Waals surface area contributed by atoms with E-state index in [4.69, 9.17) is 4.74 Å². The van der Waals surface area contributed by atoms with Gasteiger partial charge in [0.05, 0.1) is 12.7 Å². The van der Waals surface area contributed by atoms with Gasteiger partial charge < -0.3 is 15.0 Å². The third-order valence-corrected chi connectivity index (χ3v) is 4.51. The Labute approximate surface area is 152 Å². The van der Waals surface area contributed by atoms with Crippen molar-refractivity contribution in [2.45, 2.75) is 12.7 Å². The van der Waals surface area contributed by atoms with Crippen LogP contribution < -0.4 is 10.1 Å². The van der Waals surface area contributed by atoms with Crippen LogP contribution in [0.2, 0.25) is 0 Å². The van der Waals surface area contributed by atoms with Gasteiger partial charge in [0.1, 0.15) is 11.9 Å². The topological polar surface area (TPSA) is 54.5 Å². The number of rotatable bonds is 4. The predicted octanol–water partition coefficient (Wildman–Crippen LogP) is 3.86. The molecule has 0 bridgehead atoms. The van der Waals surface area contributed by atoms with E-state index >= 15 is 0 Å². The average Bonchev–Trinajstić information content (AvgIpc) is 2.71. The smallest absolute Gasteiger partial charge is 0.258 e. The van der Waals surface area contributed by atoms with E-state index in [1.54, 1.807) is 19.5 Å². The number of amides is 1. The van der Waals surface area contributed by atoms with Crippen LogP contribution in [0.25, 0.3) is 0 Å². The van der Waals surface area contributed by atoms with Gasteiger partial charge in [0.15, 0.2) is 0 Å². The first-order valence-corrected chi connectivity index (χ1v) is 8.45. The standard InChI is InChI=1S/C21H19N3O2/c1-26-17-8-4-7-16(12-17)20-23-19-10-3-2-9-18(19)21(25)24(20)14-15-6-5-11-22-13-15/h2-13,20,23H,14H2,1H3/t20-/m0/s1. The van der Waals surface area contributed by atoms with E-state index in [-0.39, 0.29) is 12.1 Å². The number of fused-ring (bicyclic) bond motifs is 1. The van der Waals surface area contributed by atoms with Crippen molar-refractivity contribution in [2.75, 3.05) is 12.4 Å². The first-order valence-electron chi connectivity index (χ1n) is 8.45. The molecule has 0 unspecified atom stereocenters. The van der Waals surface area contributed by atoms with Crippen LogP contribution in [0.15, 0.2) is 73.1 Å². The molecule has 0 spiro atoms. The van der Waals surface area contributed by atoms with Crippen molar-refractivity contribution in [3.05, 3.63) is 89.7 Å². The minimum absolute atomic E-state index is 0.00368. The van der Waals surface area contributed by atoms with Gasteiger partial charge in [-0.1, -0.05) is 30.3 Å². The van der Waals surface area contributed by atoms with Crippen LogP contribution in [0.1, 0.15) is 27.7 Å². The Bertz CT molecular complexity index is 927. The van der Waals surface area contributed by atoms with Crippen LogP contribution in [0.3, 0.4) is 0 Å². The molecule has 1 amide bonds. The number of para-hydroxylation sites is 1. The highest BCUT2D eigenvalue weighted by molar-refractivity contribution is 6.01. The van der Waals surface area contributed by atoms with Gasteiger partial charge in [-0.25, -0.2) is 0 Å². The van der Waals surface area contributed by atoms with Crippen LogP contribution in [0, 0.1) is 0 Å². The largest absolute Gasteiger partial charge is 0.497 e. The Balaban J connectivity index is 1.76. The van der Waals surface area contributed by atoms with Crippen molar-refractivity contribution in [1.29, 1.82) is 0 Å². The maximum absolute atomic E-state index is 13.2. The number of hydrogen-bond donors (Lipinski definition) is 1. The second kappa shape index (κ2) is 6.88. The Morgan fingerprint density at radius 1 is 1.12 bits per heavy atom. The normalized spacial score (nSPS) is 16.0. The summed E-state index contributed by atoms with van der Waals surface area (Å²) in [6, 6.07) is 19.2. The third-order valence-electron chi connectivity index (χ3n) is 4.51. The van der Waals surface area contributed by atoms with Crippen molar-refractivity contribution >= 4 is 11.6 Å². The highest BCUT2D eigenvalue weighted by atomic mass is 16.5. The van der Waals surface area contributed by atoms with Crippen molar-refractivity contribution in [3.8, 4) is 5.75 Å². The van der Waals surface area contributed by atoms with E-state index < -0.39 is 0 Å². The van der Waals surface area contributed by atoms with Gasteiger partial charge >= 0.3 is 0 Å². The Morgan fingerprint density at radius 2 is 2.00 bits per heavy atom. The van der Waals surface area contributed by atoms with Crippen LogP contribution in [-0.4, -0.2) is 22.9 Å². The number of aromatic nitrogens is 1. The van der Waals surface area contributed by atoms with E-state index in [0.29, 0.717) is 12.1 Å². The first-order chi connectivity index (χ1) is 12.8. The van der Waals surface area contributed by atoms with Gasteiger partial charge in [-0.2, -0.15) is 0 Å². The van der Waals surface area contributed by atoms with Crippen molar-refractivity contribution in [2.24, 2.45) is 0 Å². The fraction of sp³-hybridized carbons (Fsp3) is 0.143. The number of methoxy groups -OCH3 is 1. The van der Waals surface area contributed by atoms with E-state index in [2.05, 4.69) is 10.3 Å². The zero-order chi connectivity index (χ0) is 17.9. The van der Waals surface area contributed by atoms with E-state index in [0.717, 1.165) is 22.6 Å². The lowest BCUT2D eigenvalue weighted by Gasteiger charge is -2.38. The lowest BCUT2D eigenvalue weighted by Crippen LogP contribution is -2.42. The van der Waals surface area contributed by atoms with E-state index in [1.807, 2.05) is 65.6 Å². The second-order valence-electron chi connectivity index (χ2n) is 6.16. The molecule has 130 valence electrons. The maximum Gasteiger partial charge on any atom is 0.258 e. The lowest BCUT2D eigenvalue weighted by molar-refractivity contribution is 0.0666. The van der Waals surface area contributed by atoms with Crippen LogP contribution in [-0.2, 0) is 6.54 Å². The van der Waals surface area contributed by atoms with Gasteiger partial charge in [0, 0.05) is 24.6 Å². The van der Waals surface area contributed by atoms with Gasteiger partial charge in [-0.05, 0) is 41.5 Å². The Kier molecular flexibility index (Phi) is 4.27. The molecular weight excluding hydrogens is 326 g/mol. The quantitative estimate of drug-likeness (QED) is 0.780. The molecule has 1 N–H and O–H groups in total. The fourth-order valence-corrected chi connectivity index (χ4v) is 3.22. The molecule has 1 aliphatic rings. The number of carbonyl (C=O) groups excluding carboxylic acids is 1. The molecule has 0 saturated carbocycles. The molecule has 5 nitrogen and oxygen atoms in total. The number of hydrogen-bond acceptors (Lipinski definition) is 4. The van der Waals surface area contributed by atoms with Crippen LogP contribution in [0.4, 0.5) is 5.69 Å². The lowest BCUT2D eigenvalue weighted by atomic mass is 10.0.